The number of aromatic nitrogens is 2. The molecule has 0 aliphatic rings. The Kier molecular flexibility index (Phi) is 8.19. The van der Waals surface area contributed by atoms with Crippen molar-refractivity contribution in [1.29, 1.82) is 0 Å². The smallest absolute Gasteiger partial charge is 0.160 e. The maximum atomic E-state index is 5.23. The number of hydrogen-bond donors (Lipinski definition) is 0. The first-order valence-corrected chi connectivity index (χ1v) is 19.8. The second-order valence-electron chi connectivity index (χ2n) is 14.9. The Morgan fingerprint density at radius 2 is 0.690 bits per heavy atom. The molecule has 0 unspecified atom stereocenters. The molecule has 0 saturated carbocycles. The quantitative estimate of drug-likeness (QED) is 0.125. The van der Waals surface area contributed by atoms with Crippen molar-refractivity contribution < 1.29 is 0 Å². The van der Waals surface area contributed by atoms with E-state index in [4.69, 9.17) is 9.97 Å². The lowest BCUT2D eigenvalue weighted by Gasteiger charge is -2.20. The van der Waals surface area contributed by atoms with E-state index in [0.29, 0.717) is 5.82 Å². The molecule has 0 bridgehead atoms. The van der Waals surface area contributed by atoms with Crippen molar-refractivity contribution in [2.24, 2.45) is 0 Å². The maximum Gasteiger partial charge on any atom is 0.160 e. The number of fused-ring (bicyclic) bond motifs is 5. The van der Waals surface area contributed by atoms with Crippen LogP contribution in [0.3, 0.4) is 0 Å². The van der Waals surface area contributed by atoms with Crippen LogP contribution in [0.4, 0.5) is 0 Å². The minimum Gasteiger partial charge on any atom is -0.228 e. The average Bonchev–Trinajstić information content (AvgIpc) is 3.31. The molecule has 0 amide bonds. The third-order valence-corrected chi connectivity index (χ3v) is 11.4. The van der Waals surface area contributed by atoms with Gasteiger partial charge in [-0.3, -0.25) is 0 Å². The van der Waals surface area contributed by atoms with Crippen LogP contribution >= 0.6 is 0 Å². The predicted molar refractivity (Wildman–Crippen MR) is 245 cm³/mol. The van der Waals surface area contributed by atoms with Gasteiger partial charge in [-0.05, 0) is 101 Å². The molecular weight excluding hydrogens is 701 g/mol. The third kappa shape index (κ3) is 5.82. The standard InChI is InChI=1S/C56H36N2/c1-5-17-37(18-6-1)52-36-53(58-56(57-52)40-23-11-4-12-24-40)43-30-32-48-51(35-43)55(39-21-9-3-10-22-39)47-31-29-42(34-50(47)54(48)38-19-7-2-8-20-38)49-33-41-25-13-14-26-44(41)45-27-15-16-28-46(45)49/h1-36H. The summed E-state index contributed by atoms with van der Waals surface area (Å²) in [6.45, 7) is 0. The molecule has 0 fully saturated rings. The average molecular weight is 737 g/mol. The Morgan fingerprint density at radius 3 is 1.29 bits per heavy atom. The summed E-state index contributed by atoms with van der Waals surface area (Å²) in [5.41, 5.74) is 12.1. The molecule has 270 valence electrons. The summed E-state index contributed by atoms with van der Waals surface area (Å²) >= 11 is 0. The molecule has 0 aliphatic carbocycles. The molecule has 11 aromatic rings. The minimum absolute atomic E-state index is 0.706. The highest BCUT2D eigenvalue weighted by atomic mass is 14.9. The molecule has 58 heavy (non-hydrogen) atoms. The number of nitrogens with zero attached hydrogens (tertiary/aromatic N) is 2. The van der Waals surface area contributed by atoms with E-state index in [1.807, 2.05) is 24.3 Å². The zero-order valence-electron chi connectivity index (χ0n) is 31.7. The summed E-state index contributed by atoms with van der Waals surface area (Å²) in [6, 6.07) is 78.4. The van der Waals surface area contributed by atoms with E-state index in [9.17, 15) is 0 Å². The van der Waals surface area contributed by atoms with Crippen LogP contribution in [0.15, 0.2) is 218 Å². The molecule has 0 N–H and O–H groups in total. The van der Waals surface area contributed by atoms with E-state index < -0.39 is 0 Å². The Bertz CT molecular complexity index is 3240. The zero-order chi connectivity index (χ0) is 38.4. The van der Waals surface area contributed by atoms with E-state index in [2.05, 4.69) is 194 Å². The van der Waals surface area contributed by atoms with Gasteiger partial charge in [0.05, 0.1) is 11.4 Å². The molecule has 0 atom stereocenters. The zero-order valence-corrected chi connectivity index (χ0v) is 31.7. The fourth-order valence-corrected chi connectivity index (χ4v) is 8.75. The lowest BCUT2D eigenvalue weighted by molar-refractivity contribution is 1.18. The van der Waals surface area contributed by atoms with Crippen molar-refractivity contribution >= 4 is 43.1 Å². The second-order valence-corrected chi connectivity index (χ2v) is 14.9. The van der Waals surface area contributed by atoms with Gasteiger partial charge in [0.25, 0.3) is 0 Å². The molecule has 2 nitrogen and oxygen atoms in total. The maximum absolute atomic E-state index is 5.23. The summed E-state index contributed by atoms with van der Waals surface area (Å²) in [4.78, 5) is 10.3. The Morgan fingerprint density at radius 1 is 0.241 bits per heavy atom. The van der Waals surface area contributed by atoms with Crippen LogP contribution in [-0.4, -0.2) is 9.97 Å². The van der Waals surface area contributed by atoms with Gasteiger partial charge in [0, 0.05) is 16.7 Å². The van der Waals surface area contributed by atoms with Gasteiger partial charge in [-0.15, -0.1) is 0 Å². The lowest BCUT2D eigenvalue weighted by Crippen LogP contribution is -1.96. The topological polar surface area (TPSA) is 25.8 Å². The lowest BCUT2D eigenvalue weighted by atomic mass is 9.83. The van der Waals surface area contributed by atoms with Crippen molar-refractivity contribution in [3.63, 3.8) is 0 Å². The van der Waals surface area contributed by atoms with Crippen LogP contribution in [-0.2, 0) is 0 Å². The first-order valence-electron chi connectivity index (χ1n) is 19.8. The molecule has 1 heterocycles. The van der Waals surface area contributed by atoms with Gasteiger partial charge in [-0.1, -0.05) is 194 Å². The normalized spacial score (nSPS) is 11.4. The van der Waals surface area contributed by atoms with E-state index in [1.54, 1.807) is 0 Å². The molecule has 0 spiro atoms. The van der Waals surface area contributed by atoms with Crippen LogP contribution in [0.25, 0.3) is 110 Å². The largest absolute Gasteiger partial charge is 0.228 e. The van der Waals surface area contributed by atoms with Crippen molar-refractivity contribution in [3.8, 4) is 67.3 Å². The highest BCUT2D eigenvalue weighted by molar-refractivity contribution is 6.23. The summed E-state index contributed by atoms with van der Waals surface area (Å²) in [5.74, 6) is 0.706. The first kappa shape index (κ1) is 33.6. The minimum atomic E-state index is 0.706. The van der Waals surface area contributed by atoms with Gasteiger partial charge < -0.3 is 0 Å². The van der Waals surface area contributed by atoms with Crippen LogP contribution in [0, 0.1) is 0 Å². The van der Waals surface area contributed by atoms with Crippen LogP contribution in [0.1, 0.15) is 0 Å². The Hall–Kier alpha value is -7.68. The van der Waals surface area contributed by atoms with E-state index in [0.717, 1.165) is 28.1 Å². The molecule has 0 radical (unpaired) electrons. The van der Waals surface area contributed by atoms with E-state index >= 15 is 0 Å². The molecule has 0 saturated heterocycles. The van der Waals surface area contributed by atoms with E-state index in [1.165, 1.54) is 76.5 Å². The van der Waals surface area contributed by atoms with Crippen molar-refractivity contribution in [1.82, 2.24) is 9.97 Å². The monoisotopic (exact) mass is 736 g/mol. The van der Waals surface area contributed by atoms with E-state index in [-0.39, 0.29) is 0 Å². The van der Waals surface area contributed by atoms with Crippen molar-refractivity contribution in [3.05, 3.63) is 218 Å². The van der Waals surface area contributed by atoms with Gasteiger partial charge in [-0.25, -0.2) is 9.97 Å². The van der Waals surface area contributed by atoms with Crippen molar-refractivity contribution in [2.75, 3.05) is 0 Å². The molecule has 0 aliphatic heterocycles. The molecule has 2 heteroatoms. The highest BCUT2D eigenvalue weighted by Gasteiger charge is 2.20. The van der Waals surface area contributed by atoms with Gasteiger partial charge in [-0.2, -0.15) is 0 Å². The second kappa shape index (κ2) is 14.1. The van der Waals surface area contributed by atoms with Crippen LogP contribution in [0.2, 0.25) is 0 Å². The SMILES string of the molecule is c1ccc(-c2cc(-c3ccc4c(-c5ccccc5)c5cc(-c6cc7ccccc7c7ccccc67)ccc5c(-c5ccccc5)c4c3)nc(-c3ccccc3)n2)cc1. The molecule has 10 aromatic carbocycles. The molecule has 1 aromatic heterocycles. The van der Waals surface area contributed by atoms with Gasteiger partial charge >= 0.3 is 0 Å². The summed E-state index contributed by atoms with van der Waals surface area (Å²) < 4.78 is 0. The molecule has 11 rings (SSSR count). The highest BCUT2D eigenvalue weighted by Crippen LogP contribution is 2.47. The number of hydrogen-bond acceptors (Lipinski definition) is 2. The van der Waals surface area contributed by atoms with Gasteiger partial charge in [0.2, 0.25) is 0 Å². The summed E-state index contributed by atoms with van der Waals surface area (Å²) in [6.07, 6.45) is 0. The van der Waals surface area contributed by atoms with Gasteiger partial charge in [0.1, 0.15) is 0 Å². The van der Waals surface area contributed by atoms with Gasteiger partial charge in [0.15, 0.2) is 5.82 Å². The third-order valence-electron chi connectivity index (χ3n) is 11.4. The van der Waals surface area contributed by atoms with Crippen molar-refractivity contribution in [2.45, 2.75) is 0 Å². The number of rotatable bonds is 6. The Balaban J connectivity index is 1.21. The summed E-state index contributed by atoms with van der Waals surface area (Å²) in [5, 5.41) is 9.85. The summed E-state index contributed by atoms with van der Waals surface area (Å²) in [7, 11) is 0. The fourth-order valence-electron chi connectivity index (χ4n) is 8.75. The predicted octanol–water partition coefficient (Wildman–Crippen LogP) is 15.1. The first-order chi connectivity index (χ1) is 28.8. The number of benzene rings is 10. The molecular formula is C56H36N2. The Labute approximate surface area is 337 Å². The van der Waals surface area contributed by atoms with Crippen LogP contribution < -0.4 is 0 Å². The van der Waals surface area contributed by atoms with Crippen LogP contribution in [0.5, 0.6) is 0 Å². The fraction of sp³-hybridized carbons (Fsp3) is 0.